The van der Waals surface area contributed by atoms with Gasteiger partial charge in [0.15, 0.2) is 0 Å². The van der Waals surface area contributed by atoms with E-state index in [2.05, 4.69) is 15.9 Å². The second-order valence-corrected chi connectivity index (χ2v) is 4.75. The fourth-order valence-corrected chi connectivity index (χ4v) is 2.19. The smallest absolute Gasteiger partial charge is 0.354 e. The molecule has 0 aliphatic carbocycles. The zero-order valence-electron chi connectivity index (χ0n) is 10.4. The van der Waals surface area contributed by atoms with Crippen LogP contribution in [0.1, 0.15) is 23.0 Å². The van der Waals surface area contributed by atoms with E-state index in [1.54, 1.807) is 35.9 Å². The predicted molar refractivity (Wildman–Crippen MR) is 73.6 cm³/mol. The number of aromatic nitrogens is 1. The van der Waals surface area contributed by atoms with Gasteiger partial charge in [0.25, 0.3) is 0 Å². The summed E-state index contributed by atoms with van der Waals surface area (Å²) in [4.78, 5) is 11.7. The normalized spacial score (nSPS) is 10.5. The van der Waals surface area contributed by atoms with Crippen LogP contribution in [0.4, 0.5) is 4.39 Å². The number of esters is 1. The summed E-state index contributed by atoms with van der Waals surface area (Å²) >= 11 is 3.21. The van der Waals surface area contributed by atoms with Crippen LogP contribution in [0.5, 0.6) is 0 Å². The number of hydrogen-bond donors (Lipinski definition) is 0. The van der Waals surface area contributed by atoms with Crippen molar-refractivity contribution in [2.75, 3.05) is 6.61 Å². The third-order valence-corrected chi connectivity index (χ3v) is 3.57. The molecule has 0 spiro atoms. The Kier molecular flexibility index (Phi) is 4.37. The van der Waals surface area contributed by atoms with Gasteiger partial charge in [0.1, 0.15) is 11.5 Å². The Morgan fingerprint density at radius 1 is 1.37 bits per heavy atom. The van der Waals surface area contributed by atoms with E-state index in [-0.39, 0.29) is 11.8 Å². The molecule has 1 aromatic heterocycles. The zero-order chi connectivity index (χ0) is 13.8. The Morgan fingerprint density at radius 2 is 2.16 bits per heavy atom. The van der Waals surface area contributed by atoms with Crippen LogP contribution in [0.15, 0.2) is 41.0 Å². The number of hydrogen-bond acceptors (Lipinski definition) is 2. The molecule has 1 heterocycles. The molecule has 0 atom stereocenters. The van der Waals surface area contributed by atoms with Crippen molar-refractivity contribution in [3.05, 3.63) is 58.1 Å². The van der Waals surface area contributed by atoms with E-state index >= 15 is 0 Å². The molecule has 19 heavy (non-hydrogen) atoms. The lowest BCUT2D eigenvalue weighted by Gasteiger charge is -2.10. The lowest BCUT2D eigenvalue weighted by molar-refractivity contribution is 0.0514. The Hall–Kier alpha value is -1.62. The van der Waals surface area contributed by atoms with Crippen LogP contribution in [0.3, 0.4) is 0 Å². The van der Waals surface area contributed by atoms with Crippen molar-refractivity contribution in [1.29, 1.82) is 0 Å². The van der Waals surface area contributed by atoms with E-state index in [1.807, 2.05) is 6.07 Å². The standard InChI is InChI=1S/C14H13BrFNO2/c1-2-19-14(18)12-7-4-8-17(12)9-10-5-3-6-11(16)13(10)15/h3-8H,2,9H2,1H3. The highest BCUT2D eigenvalue weighted by molar-refractivity contribution is 9.10. The Labute approximate surface area is 119 Å². The number of benzene rings is 1. The van der Waals surface area contributed by atoms with Gasteiger partial charge in [-0.15, -0.1) is 0 Å². The second kappa shape index (κ2) is 6.02. The van der Waals surface area contributed by atoms with E-state index in [4.69, 9.17) is 4.74 Å². The van der Waals surface area contributed by atoms with Gasteiger partial charge in [-0.1, -0.05) is 12.1 Å². The number of nitrogens with zero attached hydrogens (tertiary/aromatic N) is 1. The molecule has 0 aliphatic rings. The largest absolute Gasteiger partial charge is 0.461 e. The highest BCUT2D eigenvalue weighted by Crippen LogP contribution is 2.22. The van der Waals surface area contributed by atoms with Crippen LogP contribution in [0.25, 0.3) is 0 Å². The molecule has 0 aliphatic heterocycles. The first kappa shape index (κ1) is 13.8. The first-order chi connectivity index (χ1) is 9.13. The van der Waals surface area contributed by atoms with Gasteiger partial charge in [-0.05, 0) is 46.6 Å². The summed E-state index contributed by atoms with van der Waals surface area (Å²) in [7, 11) is 0. The van der Waals surface area contributed by atoms with Crippen LogP contribution in [0, 0.1) is 5.82 Å². The fraction of sp³-hybridized carbons (Fsp3) is 0.214. The summed E-state index contributed by atoms with van der Waals surface area (Å²) < 4.78 is 20.6. The minimum absolute atomic E-state index is 0.317. The van der Waals surface area contributed by atoms with Crippen molar-refractivity contribution in [2.24, 2.45) is 0 Å². The summed E-state index contributed by atoms with van der Waals surface area (Å²) in [5.41, 5.74) is 1.22. The fourth-order valence-electron chi connectivity index (χ4n) is 1.80. The number of ether oxygens (including phenoxy) is 1. The third-order valence-electron chi connectivity index (χ3n) is 2.69. The topological polar surface area (TPSA) is 31.2 Å². The van der Waals surface area contributed by atoms with Crippen molar-refractivity contribution in [1.82, 2.24) is 4.57 Å². The van der Waals surface area contributed by atoms with Crippen LogP contribution in [-0.4, -0.2) is 17.1 Å². The monoisotopic (exact) mass is 325 g/mol. The van der Waals surface area contributed by atoms with Gasteiger partial charge >= 0.3 is 5.97 Å². The molecule has 0 bridgehead atoms. The highest BCUT2D eigenvalue weighted by atomic mass is 79.9. The molecule has 0 N–H and O–H groups in total. The second-order valence-electron chi connectivity index (χ2n) is 3.95. The van der Waals surface area contributed by atoms with Crippen LogP contribution >= 0.6 is 15.9 Å². The van der Waals surface area contributed by atoms with Gasteiger partial charge in [-0.3, -0.25) is 0 Å². The van der Waals surface area contributed by atoms with Crippen LogP contribution in [0.2, 0.25) is 0 Å². The van der Waals surface area contributed by atoms with Gasteiger partial charge in [-0.2, -0.15) is 0 Å². The zero-order valence-corrected chi connectivity index (χ0v) is 12.0. The molecular formula is C14H13BrFNO2. The summed E-state index contributed by atoms with van der Waals surface area (Å²) in [5.74, 6) is -0.692. The summed E-state index contributed by atoms with van der Waals surface area (Å²) in [6.07, 6.45) is 1.77. The van der Waals surface area contributed by atoms with Crippen molar-refractivity contribution >= 4 is 21.9 Å². The molecule has 0 fully saturated rings. The molecule has 0 unspecified atom stereocenters. The summed E-state index contributed by atoms with van der Waals surface area (Å²) in [6, 6.07) is 8.28. The van der Waals surface area contributed by atoms with Gasteiger partial charge in [0, 0.05) is 12.7 Å². The van der Waals surface area contributed by atoms with E-state index in [9.17, 15) is 9.18 Å². The highest BCUT2D eigenvalue weighted by Gasteiger charge is 2.13. The maximum atomic E-state index is 13.4. The van der Waals surface area contributed by atoms with Crippen molar-refractivity contribution < 1.29 is 13.9 Å². The first-order valence-electron chi connectivity index (χ1n) is 5.88. The molecular weight excluding hydrogens is 313 g/mol. The van der Waals surface area contributed by atoms with E-state index in [1.165, 1.54) is 6.07 Å². The van der Waals surface area contributed by atoms with Crippen molar-refractivity contribution in [3.63, 3.8) is 0 Å². The van der Waals surface area contributed by atoms with Gasteiger partial charge in [0.2, 0.25) is 0 Å². The molecule has 100 valence electrons. The molecule has 1 aromatic carbocycles. The minimum atomic E-state index is -0.375. The average Bonchev–Trinajstić information content (AvgIpc) is 2.83. The lowest BCUT2D eigenvalue weighted by atomic mass is 10.2. The summed E-state index contributed by atoms with van der Waals surface area (Å²) in [5, 5.41) is 0. The van der Waals surface area contributed by atoms with E-state index in [0.717, 1.165) is 5.56 Å². The van der Waals surface area contributed by atoms with E-state index in [0.29, 0.717) is 23.3 Å². The molecule has 0 saturated heterocycles. The average molecular weight is 326 g/mol. The predicted octanol–water partition coefficient (Wildman–Crippen LogP) is 3.61. The summed E-state index contributed by atoms with van der Waals surface area (Å²) in [6.45, 7) is 2.49. The first-order valence-corrected chi connectivity index (χ1v) is 6.68. The quantitative estimate of drug-likeness (QED) is 0.804. The number of carbonyl (C=O) groups excluding carboxylic acids is 1. The third kappa shape index (κ3) is 3.04. The molecule has 2 rings (SSSR count). The Morgan fingerprint density at radius 3 is 2.89 bits per heavy atom. The van der Waals surface area contributed by atoms with Gasteiger partial charge in [-0.25, -0.2) is 9.18 Å². The number of halogens is 2. The molecule has 3 nitrogen and oxygen atoms in total. The lowest BCUT2D eigenvalue weighted by Crippen LogP contribution is -2.12. The van der Waals surface area contributed by atoms with Crippen LogP contribution < -0.4 is 0 Å². The maximum absolute atomic E-state index is 13.4. The number of carbonyl (C=O) groups is 1. The molecule has 0 saturated carbocycles. The van der Waals surface area contributed by atoms with Gasteiger partial charge < -0.3 is 9.30 Å². The number of rotatable bonds is 4. The maximum Gasteiger partial charge on any atom is 0.354 e. The molecule has 5 heteroatoms. The molecule has 0 radical (unpaired) electrons. The van der Waals surface area contributed by atoms with Crippen molar-refractivity contribution in [3.8, 4) is 0 Å². The van der Waals surface area contributed by atoms with Gasteiger partial charge in [0.05, 0.1) is 11.1 Å². The minimum Gasteiger partial charge on any atom is -0.461 e. The molecule has 2 aromatic rings. The Balaban J connectivity index is 2.27. The van der Waals surface area contributed by atoms with Crippen LogP contribution in [-0.2, 0) is 11.3 Å². The molecule has 0 amide bonds. The SMILES string of the molecule is CCOC(=O)c1cccn1Cc1cccc(F)c1Br. The Bertz CT molecular complexity index is 595. The van der Waals surface area contributed by atoms with E-state index < -0.39 is 0 Å². The van der Waals surface area contributed by atoms with Crippen molar-refractivity contribution in [2.45, 2.75) is 13.5 Å².